The van der Waals surface area contributed by atoms with Crippen LogP contribution < -0.4 is 15.3 Å². The number of nitrogens with zero attached hydrogens (tertiary/aromatic N) is 4. The van der Waals surface area contributed by atoms with Crippen LogP contribution in [0.3, 0.4) is 0 Å². The van der Waals surface area contributed by atoms with Crippen molar-refractivity contribution in [1.29, 1.82) is 0 Å². The predicted molar refractivity (Wildman–Crippen MR) is 96.0 cm³/mol. The molecule has 2 unspecified atom stereocenters. The Morgan fingerprint density at radius 3 is 2.24 bits per heavy atom. The highest BCUT2D eigenvalue weighted by Crippen LogP contribution is 2.35. The predicted octanol–water partition coefficient (Wildman–Crippen LogP) is 2.09. The molecule has 2 saturated heterocycles. The van der Waals surface area contributed by atoms with Crippen LogP contribution in [0.4, 0.5) is 11.6 Å². The third-order valence-corrected chi connectivity index (χ3v) is 4.59. The first kappa shape index (κ1) is 17.2. The minimum Gasteiger partial charge on any atom is -0.365 e. The topological polar surface area (TPSA) is 81.6 Å². The summed E-state index contributed by atoms with van der Waals surface area (Å²) in [6.45, 7) is 5.84. The number of rotatable bonds is 3. The zero-order valence-electron chi connectivity index (χ0n) is 14.5. The summed E-state index contributed by atoms with van der Waals surface area (Å²) >= 11 is 0. The average Bonchev–Trinajstić information content (AvgIpc) is 3.31. The second-order valence-corrected chi connectivity index (χ2v) is 5.90. The molecule has 0 radical (unpaired) electrons. The summed E-state index contributed by atoms with van der Waals surface area (Å²) in [5, 5.41) is 8.62. The molecule has 4 rings (SSSR count). The van der Waals surface area contributed by atoms with Gasteiger partial charge in [0.15, 0.2) is 0 Å². The highest BCUT2D eigenvalue weighted by atomic mass is 16.5. The third kappa shape index (κ3) is 3.28. The van der Waals surface area contributed by atoms with Crippen LogP contribution in [-0.4, -0.2) is 46.3 Å². The Labute approximate surface area is 147 Å². The number of hydroxylamine groups is 1. The van der Waals surface area contributed by atoms with Crippen molar-refractivity contribution >= 4 is 17.5 Å². The van der Waals surface area contributed by atoms with Gasteiger partial charge in [0.25, 0.3) is 5.91 Å². The van der Waals surface area contributed by atoms with E-state index in [1.165, 1.54) is 18.1 Å². The number of carbonyl (C=O) groups excluding carboxylic acids is 1. The number of carbonyl (C=O) groups is 1. The zero-order valence-corrected chi connectivity index (χ0v) is 14.5. The monoisotopic (exact) mass is 341 g/mol. The van der Waals surface area contributed by atoms with Crippen molar-refractivity contribution in [2.75, 3.05) is 22.9 Å². The Morgan fingerprint density at radius 1 is 1.08 bits per heavy atom. The zero-order chi connectivity index (χ0) is 17.8. The molecule has 2 aliphatic rings. The maximum atomic E-state index is 11.3. The molecule has 7 nitrogen and oxygen atoms in total. The SMILES string of the molecule is CC.O=C(NO)c1cnc(N2CC3CC2CN3c2ccccc2)nc1. The standard InChI is InChI=1S/C16H17N5O2.C2H6/c22-15(19-23)11-7-17-16(18-8-11)21-10-13-6-14(21)9-20(13)12-4-2-1-3-5-12;1-2/h1-5,7-8,13-14,23H,6,9-10H2,(H,19,22);1-2H3. The van der Waals surface area contributed by atoms with Gasteiger partial charge in [-0.15, -0.1) is 0 Å². The van der Waals surface area contributed by atoms with Crippen LogP contribution in [0.5, 0.6) is 0 Å². The molecule has 0 spiro atoms. The van der Waals surface area contributed by atoms with Crippen LogP contribution in [0.2, 0.25) is 0 Å². The third-order valence-electron chi connectivity index (χ3n) is 4.59. The number of benzene rings is 1. The number of anilines is 2. The molecule has 0 aliphatic carbocycles. The maximum Gasteiger partial charge on any atom is 0.277 e. The summed E-state index contributed by atoms with van der Waals surface area (Å²) in [6.07, 6.45) is 3.97. The van der Waals surface area contributed by atoms with Gasteiger partial charge >= 0.3 is 0 Å². The second-order valence-electron chi connectivity index (χ2n) is 5.90. The number of amides is 1. The highest BCUT2D eigenvalue weighted by molar-refractivity contribution is 5.92. The van der Waals surface area contributed by atoms with Crippen molar-refractivity contribution in [1.82, 2.24) is 15.4 Å². The van der Waals surface area contributed by atoms with Crippen molar-refractivity contribution < 1.29 is 10.0 Å². The number of hydrogen-bond acceptors (Lipinski definition) is 6. The molecular weight excluding hydrogens is 318 g/mol. The van der Waals surface area contributed by atoms with E-state index in [9.17, 15) is 4.79 Å². The summed E-state index contributed by atoms with van der Waals surface area (Å²) in [5.74, 6) is 0.0365. The molecule has 3 heterocycles. The summed E-state index contributed by atoms with van der Waals surface area (Å²) in [4.78, 5) is 24.5. The van der Waals surface area contributed by atoms with Gasteiger partial charge in [0.2, 0.25) is 5.95 Å². The number of aromatic nitrogens is 2. The van der Waals surface area contributed by atoms with Crippen LogP contribution in [0.25, 0.3) is 0 Å². The molecular formula is C18H23N5O2. The van der Waals surface area contributed by atoms with Crippen molar-refractivity contribution in [3.63, 3.8) is 0 Å². The van der Waals surface area contributed by atoms with E-state index in [4.69, 9.17) is 5.21 Å². The Balaban J connectivity index is 0.000000880. The quantitative estimate of drug-likeness (QED) is 0.657. The summed E-state index contributed by atoms with van der Waals surface area (Å²) in [5.41, 5.74) is 3.08. The first-order valence-corrected chi connectivity index (χ1v) is 8.61. The smallest absolute Gasteiger partial charge is 0.277 e. The lowest BCUT2D eigenvalue weighted by Gasteiger charge is -2.35. The first-order valence-electron chi connectivity index (χ1n) is 8.61. The molecule has 7 heteroatoms. The summed E-state index contributed by atoms with van der Waals surface area (Å²) in [6, 6.07) is 11.3. The van der Waals surface area contributed by atoms with Crippen molar-refractivity contribution in [3.8, 4) is 0 Å². The second kappa shape index (κ2) is 7.48. The summed E-state index contributed by atoms with van der Waals surface area (Å²) < 4.78 is 0. The van der Waals surface area contributed by atoms with Gasteiger partial charge < -0.3 is 9.80 Å². The van der Waals surface area contributed by atoms with Crippen LogP contribution >= 0.6 is 0 Å². The van der Waals surface area contributed by atoms with Crippen molar-refractivity contribution in [3.05, 3.63) is 48.3 Å². The Bertz CT molecular complexity index is 707. The lowest BCUT2D eigenvalue weighted by molar-refractivity contribution is 0.0705. The number of fused-ring (bicyclic) bond motifs is 2. The van der Waals surface area contributed by atoms with Crippen molar-refractivity contribution in [2.24, 2.45) is 0 Å². The Kier molecular flexibility index (Phi) is 5.14. The highest BCUT2D eigenvalue weighted by Gasteiger charge is 2.44. The number of hydrogen-bond donors (Lipinski definition) is 2. The van der Waals surface area contributed by atoms with Gasteiger partial charge in [-0.25, -0.2) is 15.4 Å². The fourth-order valence-electron chi connectivity index (χ4n) is 3.50. The van der Waals surface area contributed by atoms with Crippen LogP contribution in [-0.2, 0) is 0 Å². The van der Waals surface area contributed by atoms with E-state index in [0.29, 0.717) is 18.0 Å². The molecule has 1 aromatic heterocycles. The normalized spacial score (nSPS) is 20.9. The molecule has 1 aromatic carbocycles. The molecule has 25 heavy (non-hydrogen) atoms. The fourth-order valence-corrected chi connectivity index (χ4v) is 3.50. The van der Waals surface area contributed by atoms with E-state index in [1.54, 1.807) is 5.48 Å². The molecule has 2 bridgehead atoms. The van der Waals surface area contributed by atoms with Gasteiger partial charge in [-0.1, -0.05) is 32.0 Å². The number of nitrogens with one attached hydrogen (secondary N) is 1. The van der Waals surface area contributed by atoms with Crippen LogP contribution in [0, 0.1) is 0 Å². The van der Waals surface area contributed by atoms with Crippen LogP contribution in [0.15, 0.2) is 42.7 Å². The minimum atomic E-state index is -0.602. The van der Waals surface area contributed by atoms with Gasteiger partial charge in [-0.3, -0.25) is 10.0 Å². The van der Waals surface area contributed by atoms with Gasteiger partial charge in [-0.05, 0) is 18.6 Å². The largest absolute Gasteiger partial charge is 0.365 e. The molecule has 2 atom stereocenters. The van der Waals surface area contributed by atoms with Crippen molar-refractivity contribution in [2.45, 2.75) is 32.4 Å². The molecule has 2 aliphatic heterocycles. The maximum absolute atomic E-state index is 11.3. The van der Waals surface area contributed by atoms with Gasteiger partial charge in [0, 0.05) is 37.2 Å². The molecule has 0 saturated carbocycles. The van der Waals surface area contributed by atoms with E-state index < -0.39 is 5.91 Å². The number of para-hydroxylation sites is 1. The lowest BCUT2D eigenvalue weighted by atomic mass is 10.2. The Morgan fingerprint density at radius 2 is 1.68 bits per heavy atom. The summed E-state index contributed by atoms with van der Waals surface area (Å²) in [7, 11) is 0. The average molecular weight is 341 g/mol. The molecule has 2 N–H and O–H groups in total. The van der Waals surface area contributed by atoms with E-state index in [0.717, 1.165) is 19.5 Å². The first-order chi connectivity index (χ1) is 12.3. The lowest BCUT2D eigenvalue weighted by Crippen LogP contribution is -2.47. The molecule has 132 valence electrons. The molecule has 2 aromatic rings. The van der Waals surface area contributed by atoms with E-state index in [-0.39, 0.29) is 5.56 Å². The van der Waals surface area contributed by atoms with E-state index in [1.807, 2.05) is 19.9 Å². The number of piperazine rings is 1. The van der Waals surface area contributed by atoms with Gasteiger partial charge in [0.05, 0.1) is 11.6 Å². The Hall–Kier alpha value is -2.67. The fraction of sp³-hybridized carbons (Fsp3) is 0.389. The van der Waals surface area contributed by atoms with Gasteiger partial charge in [-0.2, -0.15) is 0 Å². The minimum absolute atomic E-state index is 0.242. The molecule has 2 fully saturated rings. The van der Waals surface area contributed by atoms with E-state index >= 15 is 0 Å². The van der Waals surface area contributed by atoms with Gasteiger partial charge in [0.1, 0.15) is 0 Å². The molecule has 1 amide bonds. The van der Waals surface area contributed by atoms with E-state index in [2.05, 4.69) is 44.0 Å². The van der Waals surface area contributed by atoms with Crippen LogP contribution in [0.1, 0.15) is 30.6 Å².